The Hall–Kier alpha value is -1.36. The van der Waals surface area contributed by atoms with Crippen molar-refractivity contribution in [2.45, 2.75) is 13.3 Å². The van der Waals surface area contributed by atoms with Gasteiger partial charge in [0.2, 0.25) is 5.91 Å². The molecule has 5 heteroatoms. The molecule has 0 heterocycles. The molecule has 0 fully saturated rings. The van der Waals surface area contributed by atoms with Gasteiger partial charge in [-0.25, -0.2) is 4.79 Å². The van der Waals surface area contributed by atoms with Crippen molar-refractivity contribution in [3.8, 4) is 0 Å². The molecule has 0 aromatic rings. The van der Waals surface area contributed by atoms with Crippen molar-refractivity contribution in [2.75, 3.05) is 19.7 Å². The molecule has 0 aliphatic rings. The number of likely N-dealkylation sites (N-methyl/N-ethyl adjacent to an activating group) is 1. The highest BCUT2D eigenvalue weighted by Gasteiger charge is 2.07. The summed E-state index contributed by atoms with van der Waals surface area (Å²) in [4.78, 5) is 22.9. The predicted molar refractivity (Wildman–Crippen MR) is 50.7 cm³/mol. The summed E-state index contributed by atoms with van der Waals surface area (Å²) in [7, 11) is 0. The number of carboxylic acids is 1. The Morgan fingerprint density at radius 3 is 2.43 bits per heavy atom. The second kappa shape index (κ2) is 7.08. The molecule has 0 saturated carbocycles. The van der Waals surface area contributed by atoms with Crippen molar-refractivity contribution >= 4 is 11.9 Å². The number of rotatable bonds is 6. The average molecular weight is 201 g/mol. The summed E-state index contributed by atoms with van der Waals surface area (Å²) in [5, 5.41) is 16.9. The molecule has 0 radical (unpaired) electrons. The first-order chi connectivity index (χ1) is 6.61. The Morgan fingerprint density at radius 1 is 1.36 bits per heavy atom. The Kier molecular flexibility index (Phi) is 6.39. The van der Waals surface area contributed by atoms with E-state index in [0.29, 0.717) is 19.5 Å². The molecular weight excluding hydrogens is 186 g/mol. The van der Waals surface area contributed by atoms with Crippen LogP contribution in [0.5, 0.6) is 0 Å². The van der Waals surface area contributed by atoms with Gasteiger partial charge in [0.1, 0.15) is 0 Å². The first kappa shape index (κ1) is 12.6. The summed E-state index contributed by atoms with van der Waals surface area (Å²) >= 11 is 0. The van der Waals surface area contributed by atoms with Crippen LogP contribution in [0.3, 0.4) is 0 Å². The van der Waals surface area contributed by atoms with Gasteiger partial charge in [0.05, 0.1) is 0 Å². The molecule has 14 heavy (non-hydrogen) atoms. The van der Waals surface area contributed by atoms with Crippen molar-refractivity contribution in [3.05, 3.63) is 12.2 Å². The predicted octanol–water partition coefficient (Wildman–Crippen LogP) is -0.142. The zero-order valence-electron chi connectivity index (χ0n) is 8.14. The van der Waals surface area contributed by atoms with Gasteiger partial charge in [-0.2, -0.15) is 0 Å². The summed E-state index contributed by atoms with van der Waals surface area (Å²) in [6.07, 6.45) is 2.33. The number of amides is 1. The summed E-state index contributed by atoms with van der Waals surface area (Å²) in [6.45, 7) is 2.76. The Labute approximate surface area is 82.6 Å². The molecule has 0 atom stereocenters. The fraction of sp³-hybridized carbons (Fsp3) is 0.556. The second-order valence-corrected chi connectivity index (χ2v) is 2.67. The zero-order chi connectivity index (χ0) is 11.0. The topological polar surface area (TPSA) is 77.8 Å². The number of hydrogen-bond acceptors (Lipinski definition) is 3. The van der Waals surface area contributed by atoms with Crippen LogP contribution in [0, 0.1) is 0 Å². The Balaban J connectivity index is 4.10. The van der Waals surface area contributed by atoms with Gasteiger partial charge in [0.15, 0.2) is 0 Å². The van der Waals surface area contributed by atoms with Gasteiger partial charge < -0.3 is 15.1 Å². The largest absolute Gasteiger partial charge is 0.478 e. The van der Waals surface area contributed by atoms with E-state index < -0.39 is 5.97 Å². The lowest BCUT2D eigenvalue weighted by molar-refractivity contribution is -0.132. The van der Waals surface area contributed by atoms with Crippen LogP contribution in [0.15, 0.2) is 12.2 Å². The maximum atomic E-state index is 11.3. The van der Waals surface area contributed by atoms with Crippen LogP contribution in [-0.2, 0) is 9.59 Å². The molecule has 0 rings (SSSR count). The number of carbonyl (C=O) groups is 2. The lowest BCUT2D eigenvalue weighted by Gasteiger charge is -2.17. The quantitative estimate of drug-likeness (QED) is 0.586. The summed E-state index contributed by atoms with van der Waals surface area (Å²) in [6, 6.07) is 0. The third kappa shape index (κ3) is 5.31. The molecule has 0 aliphatic heterocycles. The van der Waals surface area contributed by atoms with Crippen molar-refractivity contribution < 1.29 is 19.8 Å². The fourth-order valence-electron chi connectivity index (χ4n) is 0.934. The third-order valence-corrected chi connectivity index (χ3v) is 1.65. The molecular formula is C9H15NO4. The second-order valence-electron chi connectivity index (χ2n) is 2.67. The minimum absolute atomic E-state index is 0.0203. The molecule has 0 aromatic heterocycles. The Bertz CT molecular complexity index is 225. The fourth-order valence-corrected chi connectivity index (χ4v) is 0.934. The van der Waals surface area contributed by atoms with Crippen molar-refractivity contribution in [1.82, 2.24) is 4.90 Å². The lowest BCUT2D eigenvalue weighted by atomic mass is 10.3. The molecule has 80 valence electrons. The van der Waals surface area contributed by atoms with Crippen LogP contribution in [0.2, 0.25) is 0 Å². The van der Waals surface area contributed by atoms with Gasteiger partial charge in [-0.15, -0.1) is 0 Å². The smallest absolute Gasteiger partial charge is 0.328 e. The number of hydrogen-bond donors (Lipinski definition) is 2. The molecule has 0 unspecified atom stereocenters. The minimum atomic E-state index is -1.14. The molecule has 2 N–H and O–H groups in total. The molecule has 5 nitrogen and oxygen atoms in total. The van der Waals surface area contributed by atoms with E-state index in [4.69, 9.17) is 10.2 Å². The van der Waals surface area contributed by atoms with Crippen LogP contribution in [0.25, 0.3) is 0 Å². The number of nitrogens with zero attached hydrogens (tertiary/aromatic N) is 1. The number of aliphatic hydroxyl groups is 1. The van der Waals surface area contributed by atoms with E-state index in [0.717, 1.165) is 12.2 Å². The maximum absolute atomic E-state index is 11.3. The highest BCUT2D eigenvalue weighted by Crippen LogP contribution is 1.93. The third-order valence-electron chi connectivity index (χ3n) is 1.65. The Morgan fingerprint density at radius 2 is 2.00 bits per heavy atom. The van der Waals surface area contributed by atoms with Gasteiger partial charge in [0, 0.05) is 31.8 Å². The lowest BCUT2D eigenvalue weighted by Crippen LogP contribution is -2.30. The number of carboxylic acid groups (broad SMARTS) is 1. The van der Waals surface area contributed by atoms with E-state index in [1.54, 1.807) is 6.92 Å². The van der Waals surface area contributed by atoms with Crippen LogP contribution in [-0.4, -0.2) is 46.7 Å². The van der Waals surface area contributed by atoms with Gasteiger partial charge in [0.25, 0.3) is 0 Å². The summed E-state index contributed by atoms with van der Waals surface area (Å²) < 4.78 is 0. The molecule has 0 saturated heterocycles. The average Bonchev–Trinajstić information content (AvgIpc) is 2.16. The van der Waals surface area contributed by atoms with Crippen molar-refractivity contribution in [3.63, 3.8) is 0 Å². The zero-order valence-corrected chi connectivity index (χ0v) is 8.14. The van der Waals surface area contributed by atoms with Crippen LogP contribution < -0.4 is 0 Å². The van der Waals surface area contributed by atoms with E-state index in [-0.39, 0.29) is 12.5 Å². The SMILES string of the molecule is CCN(CCCO)C(=O)/C=C/C(=O)O. The van der Waals surface area contributed by atoms with Gasteiger partial charge in [-0.05, 0) is 13.3 Å². The first-order valence-electron chi connectivity index (χ1n) is 4.42. The van der Waals surface area contributed by atoms with Gasteiger partial charge in [-0.3, -0.25) is 4.79 Å². The van der Waals surface area contributed by atoms with Crippen molar-refractivity contribution in [2.24, 2.45) is 0 Å². The van der Waals surface area contributed by atoms with E-state index >= 15 is 0 Å². The molecule has 1 amide bonds. The summed E-state index contributed by atoms with van der Waals surface area (Å²) in [5.41, 5.74) is 0. The van der Waals surface area contributed by atoms with Crippen LogP contribution in [0.4, 0.5) is 0 Å². The van der Waals surface area contributed by atoms with E-state index in [1.165, 1.54) is 4.90 Å². The standard InChI is InChI=1S/C9H15NO4/c1-2-10(6-3-7-11)8(12)4-5-9(13)14/h4-5,11H,2-3,6-7H2,1H3,(H,13,14)/b5-4+. The number of aliphatic carboxylic acids is 1. The van der Waals surface area contributed by atoms with Crippen molar-refractivity contribution in [1.29, 1.82) is 0 Å². The van der Waals surface area contributed by atoms with E-state index in [2.05, 4.69) is 0 Å². The molecule has 0 aromatic carbocycles. The molecule has 0 aliphatic carbocycles. The molecule has 0 bridgehead atoms. The number of carbonyl (C=O) groups excluding carboxylic acids is 1. The monoisotopic (exact) mass is 201 g/mol. The van der Waals surface area contributed by atoms with E-state index in [9.17, 15) is 9.59 Å². The summed E-state index contributed by atoms with van der Waals surface area (Å²) in [5.74, 6) is -1.49. The minimum Gasteiger partial charge on any atom is -0.478 e. The maximum Gasteiger partial charge on any atom is 0.328 e. The first-order valence-corrected chi connectivity index (χ1v) is 4.42. The van der Waals surface area contributed by atoms with Crippen LogP contribution >= 0.6 is 0 Å². The van der Waals surface area contributed by atoms with Crippen LogP contribution in [0.1, 0.15) is 13.3 Å². The highest BCUT2D eigenvalue weighted by molar-refractivity contribution is 5.93. The van der Waals surface area contributed by atoms with E-state index in [1.807, 2.05) is 0 Å². The highest BCUT2D eigenvalue weighted by atomic mass is 16.4. The normalized spacial score (nSPS) is 10.4. The number of aliphatic hydroxyl groups excluding tert-OH is 1. The van der Waals surface area contributed by atoms with Gasteiger partial charge >= 0.3 is 5.97 Å². The van der Waals surface area contributed by atoms with Gasteiger partial charge in [-0.1, -0.05) is 0 Å². The molecule has 0 spiro atoms.